The van der Waals surface area contributed by atoms with Crippen molar-refractivity contribution >= 4 is 5.78 Å². The van der Waals surface area contributed by atoms with Gasteiger partial charge >= 0.3 is 0 Å². The van der Waals surface area contributed by atoms with Crippen molar-refractivity contribution in [2.75, 3.05) is 13.2 Å². The molecular weight excluding hydrogens is 668 g/mol. The van der Waals surface area contributed by atoms with Crippen LogP contribution in [0.5, 0.6) is 0 Å². The molecule has 15 atom stereocenters. The number of aliphatic hydroxyl groups is 5. The topological polar surface area (TPSA) is 170 Å². The minimum Gasteiger partial charge on any atom is -0.390 e. The van der Waals surface area contributed by atoms with E-state index in [0.29, 0.717) is 37.7 Å². The molecule has 2 heterocycles. The quantitative estimate of drug-likeness (QED) is 0.143. The van der Waals surface area contributed by atoms with Gasteiger partial charge in [0.1, 0.15) is 12.3 Å². The van der Waals surface area contributed by atoms with Crippen LogP contribution in [0.25, 0.3) is 0 Å². The molecule has 9 heteroatoms. The van der Waals surface area contributed by atoms with Crippen LogP contribution in [0.2, 0.25) is 0 Å². The number of piperidine rings is 1. The molecule has 15 unspecified atom stereocenters. The number of nitrogens with two attached hydrogens (primary N) is 2. The van der Waals surface area contributed by atoms with Gasteiger partial charge < -0.3 is 35.6 Å². The first-order valence-electron chi connectivity index (χ1n) is 22.3. The molecule has 7 aliphatic rings. The largest absolute Gasteiger partial charge is 0.390 e. The van der Waals surface area contributed by atoms with Crippen LogP contribution < -0.4 is 11.1 Å². The smallest absolute Gasteiger partial charge is 0.159 e. The van der Waals surface area contributed by atoms with E-state index in [2.05, 4.69) is 19.2 Å². The van der Waals surface area contributed by atoms with Crippen molar-refractivity contribution in [2.24, 2.45) is 58.0 Å². The fourth-order valence-corrected chi connectivity index (χ4v) is 14.3. The maximum Gasteiger partial charge on any atom is 0.159 e. The molecule has 4 saturated carbocycles. The number of aliphatic hydroxyl groups excluding tert-OH is 3. The van der Waals surface area contributed by atoms with Crippen molar-refractivity contribution in [3.05, 3.63) is 11.6 Å². The summed E-state index contributed by atoms with van der Waals surface area (Å²) in [5.74, 6) is 0.311. The van der Waals surface area contributed by atoms with Gasteiger partial charge in [0, 0.05) is 23.7 Å². The predicted molar refractivity (Wildman–Crippen MR) is 204 cm³/mol. The van der Waals surface area contributed by atoms with Gasteiger partial charge in [-0.05, 0) is 131 Å². The SMILES string of the molecule is CCCCCCC1COC(C(O)C(C)(O)C2CCC3(O)C4=CC(=O)C5CC(O)C(O)CC5(CCC5CCC(N)[NH2+]C5)C4CCC23C2CCCCC2)C1C. The molecule has 0 aromatic heterocycles. The van der Waals surface area contributed by atoms with E-state index in [-0.39, 0.29) is 48.0 Å². The molecule has 6 fully saturated rings. The third kappa shape index (κ3) is 6.85. The minimum absolute atomic E-state index is 0.0132. The molecular formula is C44H75N2O7+. The zero-order valence-electron chi connectivity index (χ0n) is 33.3. The number of hydrogen-bond acceptors (Lipinski definition) is 8. The summed E-state index contributed by atoms with van der Waals surface area (Å²) in [6.45, 7) is 7.80. The summed E-state index contributed by atoms with van der Waals surface area (Å²) < 4.78 is 6.37. The van der Waals surface area contributed by atoms with Crippen molar-refractivity contribution in [1.82, 2.24) is 0 Å². The second kappa shape index (κ2) is 15.8. The van der Waals surface area contributed by atoms with E-state index < -0.39 is 46.4 Å². The van der Waals surface area contributed by atoms with Gasteiger partial charge in [0.2, 0.25) is 0 Å². The lowest BCUT2D eigenvalue weighted by atomic mass is 9.41. The van der Waals surface area contributed by atoms with Crippen LogP contribution in [0.1, 0.15) is 149 Å². The number of hydrogen-bond donors (Lipinski definition) is 7. The lowest BCUT2D eigenvalue weighted by molar-refractivity contribution is -0.703. The minimum atomic E-state index is -1.49. The Labute approximate surface area is 319 Å². The van der Waals surface area contributed by atoms with Crippen molar-refractivity contribution in [3.63, 3.8) is 0 Å². The molecule has 0 aromatic carbocycles. The first-order valence-corrected chi connectivity index (χ1v) is 22.3. The summed E-state index contributed by atoms with van der Waals surface area (Å²) >= 11 is 0. The zero-order chi connectivity index (χ0) is 37.8. The number of carbonyl (C=O) groups excluding carboxylic acids is 1. The van der Waals surface area contributed by atoms with Crippen LogP contribution >= 0.6 is 0 Å². The zero-order valence-corrected chi connectivity index (χ0v) is 33.3. The first-order chi connectivity index (χ1) is 25.3. The highest BCUT2D eigenvalue weighted by Gasteiger charge is 2.73. The highest BCUT2D eigenvalue weighted by Crippen LogP contribution is 2.73. The van der Waals surface area contributed by atoms with Crippen molar-refractivity contribution < 1.29 is 40.4 Å². The van der Waals surface area contributed by atoms with Gasteiger partial charge in [0.25, 0.3) is 0 Å². The van der Waals surface area contributed by atoms with Gasteiger partial charge in [-0.25, -0.2) is 0 Å². The van der Waals surface area contributed by atoms with E-state index in [0.717, 1.165) is 89.2 Å². The average Bonchev–Trinajstić information content (AvgIpc) is 3.68. The fourth-order valence-electron chi connectivity index (χ4n) is 14.3. The number of carbonyl (C=O) groups is 1. The van der Waals surface area contributed by atoms with E-state index in [4.69, 9.17) is 10.5 Å². The third-order valence-corrected chi connectivity index (χ3v) is 17.3. The Bertz CT molecular complexity index is 1310. The molecule has 9 nitrogen and oxygen atoms in total. The normalized spacial score (nSPS) is 46.6. The number of ether oxygens (including phenoxy) is 1. The molecule has 5 aliphatic carbocycles. The van der Waals surface area contributed by atoms with Crippen molar-refractivity contribution in [2.45, 2.75) is 191 Å². The molecule has 9 N–H and O–H groups in total. The molecule has 0 amide bonds. The second-order valence-corrected chi connectivity index (χ2v) is 19.8. The molecule has 2 saturated heterocycles. The Kier molecular flexibility index (Phi) is 12.0. The standard InChI is InChI=1S/C44H74N2O7/c1-4-5-6-8-11-29-26-53-39(27(29)2)40(50)41(3,51)37-18-21-44(52)32-22-34(47)33-23-35(48)36(49)24-42(33,19-16-28-14-15-38(45)46-25-28)31(32)17-20-43(37,44)30-12-9-7-10-13-30/h22,27-31,33,35-40,46,48-52H,4-21,23-26,45H2,1-3H3/p+1. The number of allylic oxidation sites excluding steroid dienone is 1. The summed E-state index contributed by atoms with van der Waals surface area (Å²) in [7, 11) is 0. The highest BCUT2D eigenvalue weighted by atomic mass is 16.5. The maximum absolute atomic E-state index is 14.5. The number of ketones is 1. The Balaban J connectivity index is 1.21. The molecule has 0 spiro atoms. The Morgan fingerprint density at radius 1 is 1.00 bits per heavy atom. The lowest BCUT2D eigenvalue weighted by Crippen LogP contribution is -2.95. The number of unbranched alkanes of at least 4 members (excludes halogenated alkanes) is 3. The maximum atomic E-state index is 14.5. The number of fused-ring (bicyclic) bond motifs is 5. The molecule has 2 aliphatic heterocycles. The summed E-state index contributed by atoms with van der Waals surface area (Å²) in [6, 6.07) is 0. The van der Waals surface area contributed by atoms with Gasteiger partial charge in [-0.2, -0.15) is 0 Å². The average molecular weight is 744 g/mol. The van der Waals surface area contributed by atoms with Gasteiger partial charge in [0.05, 0.1) is 42.7 Å². The fraction of sp³-hybridized carbons (Fsp3) is 0.932. The molecule has 302 valence electrons. The number of rotatable bonds is 12. The summed E-state index contributed by atoms with van der Waals surface area (Å²) in [6.07, 6.45) is 16.6. The van der Waals surface area contributed by atoms with E-state index in [1.54, 1.807) is 6.08 Å². The molecule has 0 bridgehead atoms. The predicted octanol–water partition coefficient (Wildman–Crippen LogP) is 4.50. The molecule has 7 rings (SSSR count). The summed E-state index contributed by atoms with van der Waals surface area (Å²) in [4.78, 5) is 14.5. The Morgan fingerprint density at radius 3 is 2.49 bits per heavy atom. The van der Waals surface area contributed by atoms with E-state index >= 15 is 0 Å². The van der Waals surface area contributed by atoms with Gasteiger partial charge in [-0.1, -0.05) is 58.8 Å². The molecule has 53 heavy (non-hydrogen) atoms. The second-order valence-electron chi connectivity index (χ2n) is 19.8. The first kappa shape index (κ1) is 40.3. The van der Waals surface area contributed by atoms with Gasteiger partial charge in [-0.3, -0.25) is 10.5 Å². The molecule has 0 aromatic rings. The highest BCUT2D eigenvalue weighted by molar-refractivity contribution is 5.95. The van der Waals surface area contributed by atoms with Crippen LogP contribution in [0.3, 0.4) is 0 Å². The van der Waals surface area contributed by atoms with Crippen molar-refractivity contribution in [3.8, 4) is 0 Å². The lowest BCUT2D eigenvalue weighted by Gasteiger charge is -2.64. The van der Waals surface area contributed by atoms with Crippen LogP contribution in [0, 0.1) is 52.3 Å². The van der Waals surface area contributed by atoms with E-state index in [9.17, 15) is 30.3 Å². The van der Waals surface area contributed by atoms with E-state index in [1.807, 2.05) is 6.92 Å². The Hall–Kier alpha value is -0.910. The van der Waals surface area contributed by atoms with Crippen LogP contribution in [-0.4, -0.2) is 86.3 Å². The molecule has 0 radical (unpaired) electrons. The van der Waals surface area contributed by atoms with Crippen LogP contribution in [0.4, 0.5) is 0 Å². The van der Waals surface area contributed by atoms with Gasteiger partial charge in [0.15, 0.2) is 5.78 Å². The van der Waals surface area contributed by atoms with Crippen molar-refractivity contribution in [1.29, 1.82) is 0 Å². The van der Waals surface area contributed by atoms with Gasteiger partial charge in [-0.15, -0.1) is 0 Å². The third-order valence-electron chi connectivity index (χ3n) is 17.3. The van der Waals surface area contributed by atoms with E-state index in [1.165, 1.54) is 25.7 Å². The van der Waals surface area contributed by atoms with Crippen LogP contribution in [0.15, 0.2) is 11.6 Å². The number of quaternary nitrogens is 1. The van der Waals surface area contributed by atoms with Crippen LogP contribution in [-0.2, 0) is 9.53 Å². The Morgan fingerprint density at radius 2 is 1.77 bits per heavy atom. The monoisotopic (exact) mass is 744 g/mol. The summed E-state index contributed by atoms with van der Waals surface area (Å²) in [5.41, 5.74) is 3.05. The summed E-state index contributed by atoms with van der Waals surface area (Å²) in [5, 5.41) is 63.2.